The number of halogens is 2. The Morgan fingerprint density at radius 1 is 1.43 bits per heavy atom. The molecule has 1 aliphatic rings. The Kier molecular flexibility index (Phi) is 4.22. The molecule has 0 bridgehead atoms. The van der Waals surface area contributed by atoms with Gasteiger partial charge in [0.1, 0.15) is 11.6 Å². The quantitative estimate of drug-likeness (QED) is 0.934. The van der Waals surface area contributed by atoms with E-state index in [-0.39, 0.29) is 17.4 Å². The summed E-state index contributed by atoms with van der Waals surface area (Å²) in [5.41, 5.74) is 6.42. The molecular formula is C17H17ClFN3O. The fraction of sp³-hybridized carbons (Fsp3) is 0.294. The van der Waals surface area contributed by atoms with Crippen LogP contribution in [0.1, 0.15) is 35.3 Å². The number of aromatic nitrogens is 1. The van der Waals surface area contributed by atoms with Gasteiger partial charge in [0.05, 0.1) is 16.6 Å². The molecule has 0 spiro atoms. The molecule has 1 aliphatic heterocycles. The summed E-state index contributed by atoms with van der Waals surface area (Å²) in [6.07, 6.45) is 2.38. The first-order chi connectivity index (χ1) is 11.0. The molecule has 3 rings (SSSR count). The monoisotopic (exact) mass is 333 g/mol. The van der Waals surface area contributed by atoms with Crippen LogP contribution >= 0.6 is 11.6 Å². The van der Waals surface area contributed by atoms with Gasteiger partial charge in [-0.1, -0.05) is 30.7 Å². The normalized spacial score (nSPS) is 20.7. The third-order valence-corrected chi connectivity index (χ3v) is 4.55. The van der Waals surface area contributed by atoms with Gasteiger partial charge in [0.25, 0.3) is 0 Å². The van der Waals surface area contributed by atoms with E-state index in [0.717, 1.165) is 18.5 Å². The van der Waals surface area contributed by atoms with Gasteiger partial charge in [-0.25, -0.2) is 9.37 Å². The van der Waals surface area contributed by atoms with Gasteiger partial charge in [0, 0.05) is 12.7 Å². The van der Waals surface area contributed by atoms with Crippen molar-refractivity contribution in [1.82, 2.24) is 4.98 Å². The van der Waals surface area contributed by atoms with Crippen molar-refractivity contribution in [2.75, 3.05) is 11.4 Å². The maximum atomic E-state index is 13.6. The zero-order valence-corrected chi connectivity index (χ0v) is 13.4. The molecule has 120 valence electrons. The molecule has 2 aromatic rings. The second-order valence-corrected chi connectivity index (χ2v) is 6.26. The molecule has 1 saturated heterocycles. The molecule has 2 unspecified atom stereocenters. The summed E-state index contributed by atoms with van der Waals surface area (Å²) in [6.45, 7) is 2.90. The SMILES string of the molecule is CC1CCN(c2ncc(C(N)=O)cc2Cl)C1c1cccc(F)c1. The van der Waals surface area contributed by atoms with Gasteiger partial charge < -0.3 is 10.6 Å². The van der Waals surface area contributed by atoms with Crippen molar-refractivity contribution in [3.63, 3.8) is 0 Å². The van der Waals surface area contributed by atoms with Crippen LogP contribution in [-0.4, -0.2) is 17.4 Å². The number of hydrogen-bond donors (Lipinski definition) is 1. The number of pyridine rings is 1. The van der Waals surface area contributed by atoms with Gasteiger partial charge in [-0.15, -0.1) is 0 Å². The summed E-state index contributed by atoms with van der Waals surface area (Å²) in [7, 11) is 0. The molecule has 6 heteroatoms. The minimum atomic E-state index is -0.567. The van der Waals surface area contributed by atoms with Crippen LogP contribution < -0.4 is 10.6 Å². The van der Waals surface area contributed by atoms with Crippen molar-refractivity contribution < 1.29 is 9.18 Å². The lowest BCUT2D eigenvalue weighted by Gasteiger charge is -2.29. The van der Waals surface area contributed by atoms with Gasteiger partial charge in [-0.05, 0) is 36.1 Å². The number of benzene rings is 1. The highest BCUT2D eigenvalue weighted by molar-refractivity contribution is 6.33. The summed E-state index contributed by atoms with van der Waals surface area (Å²) in [4.78, 5) is 17.6. The Hall–Kier alpha value is -2.14. The first-order valence-electron chi connectivity index (χ1n) is 7.45. The molecule has 23 heavy (non-hydrogen) atoms. The standard InChI is InChI=1S/C17H17ClFN3O/c1-10-5-6-22(15(10)11-3-2-4-13(19)7-11)17-14(18)8-12(9-21-17)16(20)23/h2-4,7-10,15H,5-6H2,1H3,(H2,20,23). The third kappa shape index (κ3) is 3.01. The van der Waals surface area contributed by atoms with Crippen molar-refractivity contribution in [2.24, 2.45) is 11.7 Å². The molecule has 0 saturated carbocycles. The largest absolute Gasteiger partial charge is 0.366 e. The number of rotatable bonds is 3. The minimum absolute atomic E-state index is 0.00451. The van der Waals surface area contributed by atoms with E-state index in [1.807, 2.05) is 6.07 Å². The maximum Gasteiger partial charge on any atom is 0.250 e. The van der Waals surface area contributed by atoms with E-state index in [1.165, 1.54) is 18.3 Å². The fourth-order valence-electron chi connectivity index (χ4n) is 3.16. The van der Waals surface area contributed by atoms with Crippen molar-refractivity contribution in [3.8, 4) is 0 Å². The average molecular weight is 334 g/mol. The smallest absolute Gasteiger partial charge is 0.250 e. The first kappa shape index (κ1) is 15.7. The van der Waals surface area contributed by atoms with Crippen molar-refractivity contribution in [2.45, 2.75) is 19.4 Å². The fourth-order valence-corrected chi connectivity index (χ4v) is 3.44. The summed E-state index contributed by atoms with van der Waals surface area (Å²) >= 11 is 6.30. The summed E-state index contributed by atoms with van der Waals surface area (Å²) in [6, 6.07) is 8.12. The molecule has 2 heterocycles. The van der Waals surface area contributed by atoms with Crippen LogP contribution in [0, 0.1) is 11.7 Å². The Bertz CT molecular complexity index is 752. The predicted octanol–water partition coefficient (Wildman–Crippen LogP) is 3.56. The summed E-state index contributed by atoms with van der Waals surface area (Å²) < 4.78 is 13.6. The van der Waals surface area contributed by atoms with E-state index in [4.69, 9.17) is 17.3 Å². The number of primary amides is 1. The van der Waals surface area contributed by atoms with E-state index in [1.54, 1.807) is 12.1 Å². The number of nitrogens with two attached hydrogens (primary N) is 1. The van der Waals surface area contributed by atoms with Crippen LogP contribution in [0.15, 0.2) is 36.5 Å². The topological polar surface area (TPSA) is 59.2 Å². The lowest BCUT2D eigenvalue weighted by molar-refractivity contribution is 0.1000. The highest BCUT2D eigenvalue weighted by Crippen LogP contribution is 2.41. The molecule has 2 atom stereocenters. The number of carbonyl (C=O) groups is 1. The minimum Gasteiger partial charge on any atom is -0.366 e. The molecule has 4 nitrogen and oxygen atoms in total. The van der Waals surface area contributed by atoms with Crippen molar-refractivity contribution in [3.05, 3.63) is 58.5 Å². The van der Waals surface area contributed by atoms with E-state index in [9.17, 15) is 9.18 Å². The average Bonchev–Trinajstić information content (AvgIpc) is 2.88. The Balaban J connectivity index is 2.00. The number of nitrogens with zero attached hydrogens (tertiary/aromatic N) is 2. The number of hydrogen-bond acceptors (Lipinski definition) is 3. The highest BCUT2D eigenvalue weighted by atomic mass is 35.5. The van der Waals surface area contributed by atoms with Gasteiger partial charge in [-0.2, -0.15) is 0 Å². The van der Waals surface area contributed by atoms with Crippen LogP contribution in [-0.2, 0) is 0 Å². The number of carbonyl (C=O) groups excluding carboxylic acids is 1. The van der Waals surface area contributed by atoms with E-state index >= 15 is 0 Å². The zero-order valence-electron chi connectivity index (χ0n) is 12.7. The molecule has 2 N–H and O–H groups in total. The Morgan fingerprint density at radius 2 is 2.22 bits per heavy atom. The third-order valence-electron chi connectivity index (χ3n) is 4.27. The van der Waals surface area contributed by atoms with Crippen molar-refractivity contribution >= 4 is 23.3 Å². The van der Waals surface area contributed by atoms with Crippen LogP contribution in [0.3, 0.4) is 0 Å². The lowest BCUT2D eigenvalue weighted by atomic mass is 9.95. The second-order valence-electron chi connectivity index (χ2n) is 5.85. The van der Waals surface area contributed by atoms with Crippen LogP contribution in [0.2, 0.25) is 5.02 Å². The van der Waals surface area contributed by atoms with E-state index in [2.05, 4.69) is 16.8 Å². The predicted molar refractivity (Wildman–Crippen MR) is 88.0 cm³/mol. The number of anilines is 1. The lowest BCUT2D eigenvalue weighted by Crippen LogP contribution is -2.26. The molecule has 1 aromatic carbocycles. The maximum absolute atomic E-state index is 13.6. The highest BCUT2D eigenvalue weighted by Gasteiger charge is 2.34. The van der Waals surface area contributed by atoms with E-state index < -0.39 is 5.91 Å². The Morgan fingerprint density at radius 3 is 2.87 bits per heavy atom. The molecule has 1 amide bonds. The molecular weight excluding hydrogens is 317 g/mol. The number of amides is 1. The Labute approximate surface area is 139 Å². The molecule has 1 aromatic heterocycles. The second kappa shape index (κ2) is 6.16. The first-order valence-corrected chi connectivity index (χ1v) is 7.82. The van der Waals surface area contributed by atoms with Crippen LogP contribution in [0.5, 0.6) is 0 Å². The zero-order chi connectivity index (χ0) is 16.6. The summed E-state index contributed by atoms with van der Waals surface area (Å²) in [5, 5.41) is 0.372. The van der Waals surface area contributed by atoms with E-state index in [0.29, 0.717) is 16.8 Å². The molecule has 1 fully saturated rings. The van der Waals surface area contributed by atoms with Gasteiger partial charge in [0.2, 0.25) is 5.91 Å². The van der Waals surface area contributed by atoms with Gasteiger partial charge in [-0.3, -0.25) is 4.79 Å². The molecule has 0 radical (unpaired) electrons. The molecule has 0 aliphatic carbocycles. The summed E-state index contributed by atoms with van der Waals surface area (Å²) in [5.74, 6) is 0.105. The van der Waals surface area contributed by atoms with Gasteiger partial charge in [0.15, 0.2) is 0 Å². The van der Waals surface area contributed by atoms with Gasteiger partial charge >= 0.3 is 0 Å². The van der Waals surface area contributed by atoms with Crippen molar-refractivity contribution in [1.29, 1.82) is 0 Å². The van der Waals surface area contributed by atoms with Crippen LogP contribution in [0.4, 0.5) is 10.2 Å². The van der Waals surface area contributed by atoms with Crippen LogP contribution in [0.25, 0.3) is 0 Å².